The third-order valence-electron chi connectivity index (χ3n) is 4.10. The first-order valence-corrected chi connectivity index (χ1v) is 9.85. The number of nitrogens with one attached hydrogen (secondary N) is 2. The number of hydrogen-bond acceptors (Lipinski definition) is 4. The van der Waals surface area contributed by atoms with Gasteiger partial charge in [-0.15, -0.1) is 0 Å². The van der Waals surface area contributed by atoms with Crippen LogP contribution in [-0.4, -0.2) is 39.3 Å². The van der Waals surface area contributed by atoms with Crippen LogP contribution in [0, 0.1) is 0 Å². The first-order chi connectivity index (χ1) is 12.9. The number of hydrogen-bond donors (Lipinski definition) is 2. The Kier molecular flexibility index (Phi) is 5.43. The Bertz CT molecular complexity index is 1080. The van der Waals surface area contributed by atoms with E-state index in [9.17, 15) is 13.2 Å². The SMILES string of the molecule is CN(C)S(=O)(=O)c1cccc(NCC(=O)Nc2ccc3ccccc3c2)c1. The van der Waals surface area contributed by atoms with Gasteiger partial charge in [0.2, 0.25) is 15.9 Å². The second kappa shape index (κ2) is 7.77. The summed E-state index contributed by atoms with van der Waals surface area (Å²) < 4.78 is 25.5. The molecular formula is C20H21N3O3S. The Balaban J connectivity index is 1.65. The summed E-state index contributed by atoms with van der Waals surface area (Å²) in [7, 11) is -0.557. The summed E-state index contributed by atoms with van der Waals surface area (Å²) >= 11 is 0. The van der Waals surface area contributed by atoms with Crippen molar-refractivity contribution in [3.8, 4) is 0 Å². The summed E-state index contributed by atoms with van der Waals surface area (Å²) in [6.07, 6.45) is 0. The number of carbonyl (C=O) groups is 1. The molecule has 0 aliphatic rings. The van der Waals surface area contributed by atoms with Crippen molar-refractivity contribution in [1.29, 1.82) is 0 Å². The molecule has 140 valence electrons. The van der Waals surface area contributed by atoms with Gasteiger partial charge >= 0.3 is 0 Å². The summed E-state index contributed by atoms with van der Waals surface area (Å²) in [5.74, 6) is -0.217. The van der Waals surface area contributed by atoms with Gasteiger partial charge in [0, 0.05) is 25.5 Å². The second-order valence-electron chi connectivity index (χ2n) is 6.28. The van der Waals surface area contributed by atoms with Gasteiger partial charge in [-0.25, -0.2) is 12.7 Å². The van der Waals surface area contributed by atoms with Crippen molar-refractivity contribution in [2.45, 2.75) is 4.90 Å². The molecule has 0 fully saturated rings. The monoisotopic (exact) mass is 383 g/mol. The van der Waals surface area contributed by atoms with E-state index in [0.717, 1.165) is 15.1 Å². The highest BCUT2D eigenvalue weighted by Gasteiger charge is 2.17. The van der Waals surface area contributed by atoms with Crippen molar-refractivity contribution in [3.05, 3.63) is 66.7 Å². The minimum absolute atomic E-state index is 0.0261. The van der Waals surface area contributed by atoms with Gasteiger partial charge in [-0.05, 0) is 41.1 Å². The van der Waals surface area contributed by atoms with Crippen molar-refractivity contribution in [1.82, 2.24) is 4.31 Å². The lowest BCUT2D eigenvalue weighted by atomic mass is 10.1. The van der Waals surface area contributed by atoms with Crippen LogP contribution in [0.15, 0.2) is 71.6 Å². The zero-order valence-corrected chi connectivity index (χ0v) is 16.0. The lowest BCUT2D eigenvalue weighted by Crippen LogP contribution is -2.23. The summed E-state index contributed by atoms with van der Waals surface area (Å²) in [5.41, 5.74) is 1.27. The smallest absolute Gasteiger partial charge is 0.243 e. The number of fused-ring (bicyclic) bond motifs is 1. The molecule has 0 aliphatic heterocycles. The maximum Gasteiger partial charge on any atom is 0.243 e. The molecule has 2 N–H and O–H groups in total. The molecule has 0 heterocycles. The molecule has 0 spiro atoms. The fourth-order valence-electron chi connectivity index (χ4n) is 2.63. The maximum atomic E-state index is 12.2. The molecule has 0 saturated heterocycles. The number of nitrogens with zero attached hydrogens (tertiary/aromatic N) is 1. The zero-order valence-electron chi connectivity index (χ0n) is 15.1. The van der Waals surface area contributed by atoms with E-state index in [0.29, 0.717) is 11.4 Å². The number of sulfonamides is 1. The fourth-order valence-corrected chi connectivity index (χ4v) is 3.58. The molecule has 0 saturated carbocycles. The molecule has 6 nitrogen and oxygen atoms in total. The number of benzene rings is 3. The van der Waals surface area contributed by atoms with E-state index in [4.69, 9.17) is 0 Å². The summed E-state index contributed by atoms with van der Waals surface area (Å²) in [6.45, 7) is 0.0261. The van der Waals surface area contributed by atoms with Crippen molar-refractivity contribution in [2.75, 3.05) is 31.3 Å². The van der Waals surface area contributed by atoms with Crippen LogP contribution in [0.1, 0.15) is 0 Å². The lowest BCUT2D eigenvalue weighted by Gasteiger charge is -2.13. The summed E-state index contributed by atoms with van der Waals surface area (Å²) in [4.78, 5) is 12.4. The van der Waals surface area contributed by atoms with Crippen LogP contribution >= 0.6 is 0 Å². The highest BCUT2D eigenvalue weighted by atomic mass is 32.2. The number of anilines is 2. The first-order valence-electron chi connectivity index (χ1n) is 8.41. The minimum atomic E-state index is -3.51. The predicted molar refractivity (Wildman–Crippen MR) is 108 cm³/mol. The molecule has 0 unspecified atom stereocenters. The van der Waals surface area contributed by atoms with Crippen molar-refractivity contribution < 1.29 is 13.2 Å². The normalized spacial score (nSPS) is 11.5. The van der Waals surface area contributed by atoms with E-state index >= 15 is 0 Å². The van der Waals surface area contributed by atoms with E-state index in [1.807, 2.05) is 42.5 Å². The highest BCUT2D eigenvalue weighted by Crippen LogP contribution is 2.20. The average molecular weight is 383 g/mol. The third kappa shape index (κ3) is 4.45. The number of carbonyl (C=O) groups excluding carboxylic acids is 1. The van der Waals surface area contributed by atoms with Gasteiger partial charge in [0.15, 0.2) is 0 Å². The number of rotatable bonds is 6. The molecule has 3 aromatic rings. The predicted octanol–water partition coefficient (Wildman–Crippen LogP) is 3.14. The van der Waals surface area contributed by atoms with Crippen LogP contribution in [0.2, 0.25) is 0 Å². The molecule has 0 atom stereocenters. The van der Waals surface area contributed by atoms with Crippen molar-refractivity contribution in [2.24, 2.45) is 0 Å². The average Bonchev–Trinajstić information content (AvgIpc) is 2.66. The van der Waals surface area contributed by atoms with E-state index in [1.54, 1.807) is 12.1 Å². The molecule has 3 rings (SSSR count). The van der Waals surface area contributed by atoms with Gasteiger partial charge in [0.1, 0.15) is 0 Å². The Labute approximate surface area is 158 Å². The van der Waals surface area contributed by atoms with E-state index in [1.165, 1.54) is 26.2 Å². The summed E-state index contributed by atoms with van der Waals surface area (Å²) in [6, 6.07) is 20.0. The molecule has 3 aromatic carbocycles. The van der Waals surface area contributed by atoms with Gasteiger partial charge in [-0.3, -0.25) is 4.79 Å². The number of amides is 1. The van der Waals surface area contributed by atoms with Crippen LogP contribution in [-0.2, 0) is 14.8 Å². The van der Waals surface area contributed by atoms with Gasteiger partial charge in [0.25, 0.3) is 0 Å². The van der Waals surface area contributed by atoms with Gasteiger partial charge in [-0.2, -0.15) is 0 Å². The van der Waals surface area contributed by atoms with Gasteiger partial charge in [0.05, 0.1) is 11.4 Å². The molecule has 0 bridgehead atoms. The molecule has 1 amide bonds. The van der Waals surface area contributed by atoms with Crippen molar-refractivity contribution >= 4 is 38.1 Å². The maximum absolute atomic E-state index is 12.2. The van der Waals surface area contributed by atoms with E-state index in [-0.39, 0.29) is 17.3 Å². The Morgan fingerprint density at radius 2 is 1.63 bits per heavy atom. The lowest BCUT2D eigenvalue weighted by molar-refractivity contribution is -0.114. The van der Waals surface area contributed by atoms with Crippen LogP contribution in [0.3, 0.4) is 0 Å². The molecule has 0 radical (unpaired) electrons. The largest absolute Gasteiger partial charge is 0.376 e. The third-order valence-corrected chi connectivity index (χ3v) is 5.91. The van der Waals surface area contributed by atoms with Gasteiger partial charge < -0.3 is 10.6 Å². The second-order valence-corrected chi connectivity index (χ2v) is 8.43. The minimum Gasteiger partial charge on any atom is -0.376 e. The van der Waals surface area contributed by atoms with Crippen LogP contribution in [0.4, 0.5) is 11.4 Å². The van der Waals surface area contributed by atoms with Crippen molar-refractivity contribution in [3.63, 3.8) is 0 Å². The quantitative estimate of drug-likeness (QED) is 0.685. The highest BCUT2D eigenvalue weighted by molar-refractivity contribution is 7.89. The van der Waals surface area contributed by atoms with Crippen LogP contribution in [0.25, 0.3) is 10.8 Å². The topological polar surface area (TPSA) is 78.5 Å². The standard InChI is InChI=1S/C20H21N3O3S/c1-23(2)27(25,26)19-9-5-8-17(13-19)21-14-20(24)22-18-11-10-15-6-3-4-7-16(15)12-18/h3-13,21H,14H2,1-2H3,(H,22,24). The molecule has 0 aliphatic carbocycles. The fraction of sp³-hybridized carbons (Fsp3) is 0.150. The summed E-state index contributed by atoms with van der Waals surface area (Å²) in [5, 5.41) is 7.95. The van der Waals surface area contributed by atoms with Crippen LogP contribution in [0.5, 0.6) is 0 Å². The van der Waals surface area contributed by atoms with Crippen LogP contribution < -0.4 is 10.6 Å². The van der Waals surface area contributed by atoms with E-state index < -0.39 is 10.0 Å². The van der Waals surface area contributed by atoms with Gasteiger partial charge in [-0.1, -0.05) is 36.4 Å². The molecule has 7 heteroatoms. The Hall–Kier alpha value is -2.90. The Morgan fingerprint density at radius 1 is 0.889 bits per heavy atom. The molecule has 0 aromatic heterocycles. The zero-order chi connectivity index (χ0) is 19.4. The Morgan fingerprint density at radius 3 is 2.37 bits per heavy atom. The van der Waals surface area contributed by atoms with E-state index in [2.05, 4.69) is 10.6 Å². The molecular weight excluding hydrogens is 362 g/mol. The first kappa shape index (κ1) is 18.9. The molecule has 27 heavy (non-hydrogen) atoms.